The monoisotopic (exact) mass is 299 g/mol. The predicted molar refractivity (Wildman–Crippen MR) is 88.3 cm³/mol. The van der Waals surface area contributed by atoms with Crippen LogP contribution in [0.15, 0.2) is 30.3 Å². The summed E-state index contributed by atoms with van der Waals surface area (Å²) in [6.07, 6.45) is 1.34. The van der Waals surface area contributed by atoms with E-state index in [4.69, 9.17) is 4.74 Å². The van der Waals surface area contributed by atoms with Crippen molar-refractivity contribution in [3.8, 4) is 0 Å². The normalized spacial score (nSPS) is 15.0. The molecule has 2 heterocycles. The highest BCUT2D eigenvalue weighted by atomic mass is 16.5. The molecule has 5 nitrogen and oxygen atoms in total. The molecule has 116 valence electrons. The fourth-order valence-corrected chi connectivity index (χ4v) is 2.72. The van der Waals surface area contributed by atoms with Crippen molar-refractivity contribution in [2.24, 2.45) is 0 Å². The van der Waals surface area contributed by atoms with Gasteiger partial charge in [0.2, 0.25) is 5.91 Å². The minimum absolute atomic E-state index is 0.0122. The number of fused-ring (bicyclic) bond motifs is 1. The molecule has 2 aromatic rings. The molecule has 5 heteroatoms. The van der Waals surface area contributed by atoms with Crippen molar-refractivity contribution in [1.29, 1.82) is 0 Å². The molecule has 0 unspecified atom stereocenters. The molecular weight excluding hydrogens is 278 g/mol. The van der Waals surface area contributed by atoms with Crippen LogP contribution in [0, 0.1) is 0 Å². The van der Waals surface area contributed by atoms with Crippen LogP contribution in [0.5, 0.6) is 0 Å². The highest BCUT2D eigenvalue weighted by molar-refractivity contribution is 5.97. The van der Waals surface area contributed by atoms with Gasteiger partial charge in [-0.2, -0.15) is 0 Å². The van der Waals surface area contributed by atoms with E-state index in [1.54, 1.807) is 0 Å². The predicted octanol–water partition coefficient (Wildman–Crippen LogP) is 2.81. The van der Waals surface area contributed by atoms with Crippen molar-refractivity contribution in [2.45, 2.75) is 19.8 Å². The van der Waals surface area contributed by atoms with Crippen LogP contribution in [-0.2, 0) is 9.53 Å². The number of aromatic nitrogens is 1. The number of morpholine rings is 1. The number of rotatable bonds is 4. The van der Waals surface area contributed by atoms with Crippen LogP contribution in [0.3, 0.4) is 0 Å². The van der Waals surface area contributed by atoms with Crippen LogP contribution < -0.4 is 10.2 Å². The number of nitrogens with zero attached hydrogens (tertiary/aromatic N) is 2. The Morgan fingerprint density at radius 3 is 2.86 bits per heavy atom. The lowest BCUT2D eigenvalue weighted by Crippen LogP contribution is -2.36. The molecule has 1 aromatic carbocycles. The average Bonchev–Trinajstić information content (AvgIpc) is 2.55. The van der Waals surface area contributed by atoms with E-state index >= 15 is 0 Å². The molecule has 0 atom stereocenters. The van der Waals surface area contributed by atoms with E-state index in [0.29, 0.717) is 12.2 Å². The van der Waals surface area contributed by atoms with E-state index in [9.17, 15) is 4.79 Å². The zero-order valence-corrected chi connectivity index (χ0v) is 12.8. The Morgan fingerprint density at radius 2 is 2.09 bits per heavy atom. The van der Waals surface area contributed by atoms with Crippen LogP contribution in [0.2, 0.25) is 0 Å². The van der Waals surface area contributed by atoms with Crippen LogP contribution >= 0.6 is 0 Å². The largest absolute Gasteiger partial charge is 0.378 e. The summed E-state index contributed by atoms with van der Waals surface area (Å²) in [4.78, 5) is 18.7. The third-order valence-corrected chi connectivity index (χ3v) is 3.79. The third kappa shape index (κ3) is 3.20. The summed E-state index contributed by atoms with van der Waals surface area (Å²) >= 11 is 0. The first-order chi connectivity index (χ1) is 10.8. The second-order valence-electron chi connectivity index (χ2n) is 5.44. The van der Waals surface area contributed by atoms with E-state index in [-0.39, 0.29) is 5.91 Å². The van der Waals surface area contributed by atoms with Gasteiger partial charge in [0.15, 0.2) is 0 Å². The lowest BCUT2D eigenvalue weighted by Gasteiger charge is -2.30. The Hall–Kier alpha value is -2.14. The molecule has 1 aromatic heterocycles. The summed E-state index contributed by atoms with van der Waals surface area (Å²) in [5.41, 5.74) is 2.01. The smallest absolute Gasteiger partial charge is 0.225 e. The number of hydrogen-bond acceptors (Lipinski definition) is 4. The molecular formula is C17H21N3O2. The van der Waals surface area contributed by atoms with Crippen molar-refractivity contribution in [3.05, 3.63) is 30.3 Å². The number of anilines is 2. The maximum atomic E-state index is 11.9. The standard InChI is InChI=1S/C17H21N3O2/c1-2-5-17(21)19-16-12-15(20-8-10-22-11-9-20)13-6-3-4-7-14(13)18-16/h3-4,6-7,12H,2,5,8-11H2,1H3,(H,18,19,21). The van der Waals surface area contributed by atoms with Gasteiger partial charge in [-0.05, 0) is 12.5 Å². The molecule has 1 amide bonds. The lowest BCUT2D eigenvalue weighted by molar-refractivity contribution is -0.116. The average molecular weight is 299 g/mol. The van der Waals surface area contributed by atoms with E-state index < -0.39 is 0 Å². The summed E-state index contributed by atoms with van der Waals surface area (Å²) in [5, 5.41) is 4.02. The van der Waals surface area contributed by atoms with Crippen molar-refractivity contribution in [2.75, 3.05) is 36.5 Å². The van der Waals surface area contributed by atoms with Gasteiger partial charge in [0.05, 0.1) is 18.7 Å². The van der Waals surface area contributed by atoms with Gasteiger partial charge >= 0.3 is 0 Å². The number of para-hydroxylation sites is 1. The molecule has 0 bridgehead atoms. The van der Waals surface area contributed by atoms with Crippen LogP contribution in [0.1, 0.15) is 19.8 Å². The number of nitrogens with one attached hydrogen (secondary N) is 1. The van der Waals surface area contributed by atoms with Gasteiger partial charge in [0, 0.05) is 36.7 Å². The molecule has 1 N–H and O–H groups in total. The van der Waals surface area contributed by atoms with Gasteiger partial charge in [-0.3, -0.25) is 4.79 Å². The highest BCUT2D eigenvalue weighted by Gasteiger charge is 2.16. The first-order valence-electron chi connectivity index (χ1n) is 7.80. The minimum Gasteiger partial charge on any atom is -0.378 e. The van der Waals surface area contributed by atoms with E-state index in [1.165, 1.54) is 0 Å². The summed E-state index contributed by atoms with van der Waals surface area (Å²) in [6.45, 7) is 5.17. The molecule has 1 saturated heterocycles. The number of ether oxygens (including phenoxy) is 1. The Morgan fingerprint density at radius 1 is 1.32 bits per heavy atom. The molecule has 1 aliphatic rings. The molecule has 0 spiro atoms. The Kier molecular flexibility index (Phi) is 4.53. The summed E-state index contributed by atoms with van der Waals surface area (Å²) < 4.78 is 5.43. The van der Waals surface area contributed by atoms with E-state index in [2.05, 4.69) is 21.3 Å². The fourth-order valence-electron chi connectivity index (χ4n) is 2.72. The SMILES string of the molecule is CCCC(=O)Nc1cc(N2CCOCC2)c2ccccc2n1. The maximum Gasteiger partial charge on any atom is 0.225 e. The summed E-state index contributed by atoms with van der Waals surface area (Å²) in [5.74, 6) is 0.636. The zero-order chi connectivity index (χ0) is 15.4. The second kappa shape index (κ2) is 6.75. The molecule has 1 fully saturated rings. The number of carbonyl (C=O) groups excluding carboxylic acids is 1. The van der Waals surface area contributed by atoms with Crippen LogP contribution in [0.25, 0.3) is 10.9 Å². The number of pyridine rings is 1. The number of carbonyl (C=O) groups is 1. The van der Waals surface area contributed by atoms with Gasteiger partial charge in [0.1, 0.15) is 5.82 Å². The van der Waals surface area contributed by atoms with Crippen molar-refractivity contribution < 1.29 is 9.53 Å². The number of hydrogen-bond donors (Lipinski definition) is 1. The van der Waals surface area contributed by atoms with Gasteiger partial charge in [-0.25, -0.2) is 4.98 Å². The molecule has 0 aliphatic carbocycles. The fraction of sp³-hybridized carbons (Fsp3) is 0.412. The topological polar surface area (TPSA) is 54.5 Å². The van der Waals surface area contributed by atoms with Crippen molar-refractivity contribution in [3.63, 3.8) is 0 Å². The van der Waals surface area contributed by atoms with E-state index in [1.807, 2.05) is 31.2 Å². The molecule has 1 aliphatic heterocycles. The minimum atomic E-state index is 0.0122. The quantitative estimate of drug-likeness (QED) is 0.943. The number of benzene rings is 1. The zero-order valence-electron chi connectivity index (χ0n) is 12.8. The first kappa shape index (κ1) is 14.8. The third-order valence-electron chi connectivity index (χ3n) is 3.79. The Bertz CT molecular complexity index is 666. The molecule has 22 heavy (non-hydrogen) atoms. The van der Waals surface area contributed by atoms with Gasteiger partial charge in [0.25, 0.3) is 0 Å². The number of amides is 1. The van der Waals surface area contributed by atoms with Crippen LogP contribution in [0.4, 0.5) is 11.5 Å². The van der Waals surface area contributed by atoms with Gasteiger partial charge < -0.3 is 15.0 Å². The Labute approximate surface area is 130 Å². The van der Waals surface area contributed by atoms with Crippen molar-refractivity contribution in [1.82, 2.24) is 4.98 Å². The highest BCUT2D eigenvalue weighted by Crippen LogP contribution is 2.29. The molecule has 3 rings (SSSR count). The molecule has 0 saturated carbocycles. The summed E-state index contributed by atoms with van der Waals surface area (Å²) in [6, 6.07) is 10.0. The maximum absolute atomic E-state index is 11.9. The van der Waals surface area contributed by atoms with E-state index in [0.717, 1.165) is 49.3 Å². The molecule has 0 radical (unpaired) electrons. The first-order valence-corrected chi connectivity index (χ1v) is 7.80. The van der Waals surface area contributed by atoms with Gasteiger partial charge in [-0.15, -0.1) is 0 Å². The van der Waals surface area contributed by atoms with Crippen LogP contribution in [-0.4, -0.2) is 37.2 Å². The lowest BCUT2D eigenvalue weighted by atomic mass is 10.1. The summed E-state index contributed by atoms with van der Waals surface area (Å²) in [7, 11) is 0. The second-order valence-corrected chi connectivity index (χ2v) is 5.44. The van der Waals surface area contributed by atoms with Crippen molar-refractivity contribution >= 4 is 28.3 Å². The Balaban J connectivity index is 1.98. The van der Waals surface area contributed by atoms with Gasteiger partial charge in [-0.1, -0.05) is 25.1 Å².